The van der Waals surface area contributed by atoms with Crippen LogP contribution in [0.2, 0.25) is 5.02 Å². The summed E-state index contributed by atoms with van der Waals surface area (Å²) in [6.45, 7) is 0. The summed E-state index contributed by atoms with van der Waals surface area (Å²) in [5.74, 6) is 0.00627. The van der Waals surface area contributed by atoms with Crippen LogP contribution in [0.3, 0.4) is 0 Å². The summed E-state index contributed by atoms with van der Waals surface area (Å²) in [6, 6.07) is 12.9. The van der Waals surface area contributed by atoms with E-state index in [1.807, 2.05) is 18.2 Å². The van der Waals surface area contributed by atoms with Crippen molar-refractivity contribution in [2.75, 3.05) is 5.75 Å². The van der Waals surface area contributed by atoms with Crippen LogP contribution < -0.4 is 0 Å². The molecule has 0 N–H and O–H groups in total. The van der Waals surface area contributed by atoms with Crippen molar-refractivity contribution in [3.8, 4) is 0 Å². The zero-order valence-electron chi connectivity index (χ0n) is 14.0. The van der Waals surface area contributed by atoms with E-state index in [0.29, 0.717) is 17.0 Å². The molecule has 2 aromatic rings. The second-order valence-corrected chi connectivity index (χ2v) is 8.71. The number of hydrogen-bond acceptors (Lipinski definition) is 6. The Morgan fingerprint density at radius 1 is 1.22 bits per heavy atom. The molecule has 0 bridgehead atoms. The largest absolute Gasteiger partial charge is 0.295 e. The number of rotatable bonds is 6. The summed E-state index contributed by atoms with van der Waals surface area (Å²) >= 11 is 9.06. The predicted octanol–water partition coefficient (Wildman–Crippen LogP) is 5.45. The SMILES string of the molecule is O=C1C=C(SCC(=O)c2ccc([N+](=O)[O-])cc2)SC(c2ccccc2Cl)C1. The van der Waals surface area contributed by atoms with Crippen LogP contribution in [0.25, 0.3) is 0 Å². The Kier molecular flexibility index (Phi) is 6.36. The van der Waals surface area contributed by atoms with E-state index >= 15 is 0 Å². The van der Waals surface area contributed by atoms with Crippen LogP contribution in [0.5, 0.6) is 0 Å². The first-order chi connectivity index (χ1) is 12.9. The van der Waals surface area contributed by atoms with Crippen molar-refractivity contribution >= 4 is 52.4 Å². The van der Waals surface area contributed by atoms with Gasteiger partial charge in [-0.2, -0.15) is 0 Å². The maximum atomic E-state index is 12.3. The topological polar surface area (TPSA) is 77.3 Å². The molecule has 0 aromatic heterocycles. The van der Waals surface area contributed by atoms with E-state index in [1.165, 1.54) is 47.8 Å². The highest BCUT2D eigenvalue weighted by atomic mass is 35.5. The third kappa shape index (κ3) is 5.00. The first kappa shape index (κ1) is 19.7. The first-order valence-electron chi connectivity index (χ1n) is 8.00. The molecule has 1 atom stereocenters. The standard InChI is InChI=1S/C19H14ClNO4S2/c20-16-4-2-1-3-15(16)18-9-14(22)10-19(27-18)26-11-17(23)12-5-7-13(8-6-12)21(24)25/h1-8,10,18H,9,11H2. The Bertz CT molecular complexity index is 928. The minimum atomic E-state index is -0.507. The van der Waals surface area contributed by atoms with Crippen LogP contribution in [0.15, 0.2) is 58.8 Å². The average molecular weight is 420 g/mol. The van der Waals surface area contributed by atoms with Gasteiger partial charge in [-0.3, -0.25) is 19.7 Å². The highest BCUT2D eigenvalue weighted by Gasteiger charge is 2.25. The van der Waals surface area contributed by atoms with E-state index in [4.69, 9.17) is 11.6 Å². The molecule has 3 rings (SSSR count). The number of halogens is 1. The summed E-state index contributed by atoms with van der Waals surface area (Å²) in [6.07, 6.45) is 1.93. The van der Waals surface area contributed by atoms with Crippen molar-refractivity contribution in [3.63, 3.8) is 0 Å². The third-order valence-electron chi connectivity index (χ3n) is 3.92. The molecule has 0 saturated carbocycles. The summed E-state index contributed by atoms with van der Waals surface area (Å²) in [7, 11) is 0. The number of benzene rings is 2. The number of hydrogen-bond donors (Lipinski definition) is 0. The molecule has 1 unspecified atom stereocenters. The van der Waals surface area contributed by atoms with Crippen molar-refractivity contribution in [1.29, 1.82) is 0 Å². The van der Waals surface area contributed by atoms with Crippen LogP contribution in [0, 0.1) is 10.1 Å². The van der Waals surface area contributed by atoms with Crippen LogP contribution in [0.1, 0.15) is 27.6 Å². The number of Topliss-reactive ketones (excluding diaryl/α,β-unsaturated/α-hetero) is 1. The molecule has 5 nitrogen and oxygen atoms in total. The maximum Gasteiger partial charge on any atom is 0.269 e. The van der Waals surface area contributed by atoms with Gasteiger partial charge < -0.3 is 0 Å². The number of thioether (sulfide) groups is 2. The molecule has 0 aliphatic carbocycles. The second kappa shape index (κ2) is 8.73. The van der Waals surface area contributed by atoms with Gasteiger partial charge in [0, 0.05) is 44.7 Å². The normalized spacial score (nSPS) is 16.7. The fraction of sp³-hybridized carbons (Fsp3) is 0.158. The van der Waals surface area contributed by atoms with E-state index in [0.717, 1.165) is 9.80 Å². The molecule has 27 heavy (non-hydrogen) atoms. The monoisotopic (exact) mass is 419 g/mol. The van der Waals surface area contributed by atoms with Crippen molar-refractivity contribution in [3.05, 3.63) is 85.1 Å². The molecular formula is C19H14ClNO4S2. The van der Waals surface area contributed by atoms with Gasteiger partial charge in [0.05, 0.1) is 10.7 Å². The van der Waals surface area contributed by atoms with E-state index in [9.17, 15) is 19.7 Å². The van der Waals surface area contributed by atoms with Crippen molar-refractivity contribution in [2.45, 2.75) is 11.7 Å². The smallest absolute Gasteiger partial charge is 0.269 e. The molecule has 2 aromatic carbocycles. The maximum absolute atomic E-state index is 12.3. The van der Waals surface area contributed by atoms with Gasteiger partial charge in [-0.25, -0.2) is 0 Å². The average Bonchev–Trinajstić information content (AvgIpc) is 2.66. The highest BCUT2D eigenvalue weighted by molar-refractivity contribution is 8.22. The fourth-order valence-electron chi connectivity index (χ4n) is 2.56. The number of non-ortho nitro benzene ring substituents is 1. The molecule has 1 heterocycles. The molecule has 0 saturated heterocycles. The van der Waals surface area contributed by atoms with Crippen LogP contribution in [0.4, 0.5) is 5.69 Å². The second-order valence-electron chi connectivity index (χ2n) is 5.78. The minimum absolute atomic E-state index is 0.00366. The number of allylic oxidation sites excluding steroid dienone is 1. The van der Waals surface area contributed by atoms with Gasteiger partial charge in [0.15, 0.2) is 11.6 Å². The zero-order valence-corrected chi connectivity index (χ0v) is 16.4. The Balaban J connectivity index is 1.64. The third-order valence-corrected chi connectivity index (χ3v) is 6.77. The molecule has 0 fully saturated rings. The summed E-state index contributed by atoms with van der Waals surface area (Å²) in [4.78, 5) is 34.6. The lowest BCUT2D eigenvalue weighted by atomic mass is 10.1. The molecular weight excluding hydrogens is 406 g/mol. The number of nitrogens with zero attached hydrogens (tertiary/aromatic N) is 1. The Morgan fingerprint density at radius 2 is 1.93 bits per heavy atom. The van der Waals surface area contributed by atoms with Gasteiger partial charge in [0.1, 0.15) is 0 Å². The zero-order chi connectivity index (χ0) is 19.4. The molecule has 0 radical (unpaired) electrons. The van der Waals surface area contributed by atoms with E-state index in [2.05, 4.69) is 0 Å². The van der Waals surface area contributed by atoms with Crippen LogP contribution in [-0.4, -0.2) is 22.2 Å². The molecule has 1 aliphatic rings. The molecule has 0 spiro atoms. The summed E-state index contributed by atoms with van der Waals surface area (Å²) < 4.78 is 0.770. The Hall–Kier alpha value is -2.09. The fourth-order valence-corrected chi connectivity index (χ4v) is 5.41. The predicted molar refractivity (Wildman–Crippen MR) is 109 cm³/mol. The highest BCUT2D eigenvalue weighted by Crippen LogP contribution is 2.47. The lowest BCUT2D eigenvalue weighted by Gasteiger charge is -2.22. The van der Waals surface area contributed by atoms with Gasteiger partial charge >= 0.3 is 0 Å². The van der Waals surface area contributed by atoms with Gasteiger partial charge in [-0.05, 0) is 23.8 Å². The van der Waals surface area contributed by atoms with Crippen LogP contribution in [-0.2, 0) is 4.79 Å². The lowest BCUT2D eigenvalue weighted by Crippen LogP contribution is -2.09. The van der Waals surface area contributed by atoms with E-state index in [-0.39, 0.29) is 28.3 Å². The number of nitro benzene ring substituents is 1. The lowest BCUT2D eigenvalue weighted by molar-refractivity contribution is -0.384. The molecule has 8 heteroatoms. The minimum Gasteiger partial charge on any atom is -0.295 e. The molecule has 1 aliphatic heterocycles. The van der Waals surface area contributed by atoms with Gasteiger partial charge in [0.2, 0.25) is 0 Å². The Morgan fingerprint density at radius 3 is 2.59 bits per heavy atom. The number of carbonyl (C=O) groups is 2. The van der Waals surface area contributed by atoms with E-state index < -0.39 is 4.92 Å². The first-order valence-corrected chi connectivity index (χ1v) is 10.2. The van der Waals surface area contributed by atoms with Gasteiger partial charge in [0.25, 0.3) is 5.69 Å². The number of ketones is 2. The quantitative estimate of drug-likeness (QED) is 0.352. The number of carbonyl (C=O) groups excluding carboxylic acids is 2. The molecule has 0 amide bonds. The van der Waals surface area contributed by atoms with Gasteiger partial charge in [-0.1, -0.05) is 29.8 Å². The van der Waals surface area contributed by atoms with Crippen molar-refractivity contribution in [2.24, 2.45) is 0 Å². The van der Waals surface area contributed by atoms with Crippen molar-refractivity contribution in [1.82, 2.24) is 0 Å². The Labute approximate surface area is 169 Å². The summed E-state index contributed by atoms with van der Waals surface area (Å²) in [5.41, 5.74) is 1.26. The molecule has 138 valence electrons. The number of nitro groups is 1. The van der Waals surface area contributed by atoms with Crippen LogP contribution >= 0.6 is 35.1 Å². The van der Waals surface area contributed by atoms with E-state index in [1.54, 1.807) is 12.1 Å². The van der Waals surface area contributed by atoms with Gasteiger partial charge in [-0.15, -0.1) is 23.5 Å². The summed E-state index contributed by atoms with van der Waals surface area (Å²) in [5, 5.41) is 11.2. The van der Waals surface area contributed by atoms with Crippen molar-refractivity contribution < 1.29 is 14.5 Å².